The highest BCUT2D eigenvalue weighted by Gasteiger charge is 2.38. The first-order valence-corrected chi connectivity index (χ1v) is 10.1. The van der Waals surface area contributed by atoms with Crippen molar-refractivity contribution in [3.05, 3.63) is 75.3 Å². The Labute approximate surface area is 183 Å². The molecule has 0 bridgehead atoms. The molecule has 1 fully saturated rings. The largest absolute Gasteiger partial charge is 0.339 e. The van der Waals surface area contributed by atoms with Crippen LogP contribution >= 0.6 is 0 Å². The number of imide groups is 1. The lowest BCUT2D eigenvalue weighted by molar-refractivity contribution is -0.384. The molecule has 1 saturated heterocycles. The third kappa shape index (κ3) is 3.94. The van der Waals surface area contributed by atoms with Crippen LogP contribution in [0.1, 0.15) is 37.5 Å². The highest BCUT2D eigenvalue weighted by atomic mass is 16.6. The average Bonchev–Trinajstić information content (AvgIpc) is 2.97. The van der Waals surface area contributed by atoms with Crippen molar-refractivity contribution in [2.75, 3.05) is 32.7 Å². The molecule has 4 rings (SSSR count). The first-order chi connectivity index (χ1) is 15.4. The van der Waals surface area contributed by atoms with Gasteiger partial charge in [0, 0.05) is 43.9 Å². The van der Waals surface area contributed by atoms with E-state index in [0.29, 0.717) is 31.6 Å². The van der Waals surface area contributed by atoms with Crippen molar-refractivity contribution in [3.8, 4) is 0 Å². The minimum Gasteiger partial charge on any atom is -0.339 e. The number of carbonyl (C=O) groups is 4. The van der Waals surface area contributed by atoms with E-state index >= 15 is 0 Å². The standard InChI is InChI=1S/C22H20N4O6/c27-19(14-25-21(29)17-8-7-16(26(31)32)13-18(17)22(25)30)23-9-4-10-24(12-11-23)20(28)15-5-2-1-3-6-15/h1-3,5-8,13H,4,9-12,14H2. The fourth-order valence-corrected chi connectivity index (χ4v) is 3.90. The van der Waals surface area contributed by atoms with Crippen molar-refractivity contribution >= 4 is 29.3 Å². The van der Waals surface area contributed by atoms with Gasteiger partial charge in [-0.2, -0.15) is 0 Å². The highest BCUT2D eigenvalue weighted by Crippen LogP contribution is 2.26. The number of rotatable bonds is 4. The van der Waals surface area contributed by atoms with Gasteiger partial charge in [0.1, 0.15) is 6.54 Å². The van der Waals surface area contributed by atoms with Crippen LogP contribution in [0.25, 0.3) is 0 Å². The molecule has 0 aliphatic carbocycles. The summed E-state index contributed by atoms with van der Waals surface area (Å²) in [7, 11) is 0. The van der Waals surface area contributed by atoms with Gasteiger partial charge in [0.2, 0.25) is 5.91 Å². The Hall–Kier alpha value is -4.08. The van der Waals surface area contributed by atoms with Gasteiger partial charge < -0.3 is 9.80 Å². The van der Waals surface area contributed by atoms with E-state index in [2.05, 4.69) is 0 Å². The number of hydrogen-bond donors (Lipinski definition) is 0. The smallest absolute Gasteiger partial charge is 0.270 e. The molecule has 10 nitrogen and oxygen atoms in total. The van der Waals surface area contributed by atoms with Gasteiger partial charge in [0.05, 0.1) is 16.1 Å². The normalized spacial score (nSPS) is 16.1. The molecule has 0 unspecified atom stereocenters. The second-order valence-electron chi connectivity index (χ2n) is 7.58. The molecule has 0 radical (unpaired) electrons. The molecule has 4 amide bonds. The minimum absolute atomic E-state index is 0.0453. The minimum atomic E-state index is -0.724. The van der Waals surface area contributed by atoms with Crippen LogP contribution in [0, 0.1) is 10.1 Å². The van der Waals surface area contributed by atoms with E-state index in [9.17, 15) is 29.3 Å². The summed E-state index contributed by atoms with van der Waals surface area (Å²) in [5, 5.41) is 11.0. The summed E-state index contributed by atoms with van der Waals surface area (Å²) in [6.07, 6.45) is 0.568. The monoisotopic (exact) mass is 436 g/mol. The van der Waals surface area contributed by atoms with Crippen molar-refractivity contribution in [2.24, 2.45) is 0 Å². The van der Waals surface area contributed by atoms with Crippen LogP contribution in [-0.4, -0.2) is 76.0 Å². The summed E-state index contributed by atoms with van der Waals surface area (Å²) in [6.45, 7) is 1.06. The van der Waals surface area contributed by atoms with Gasteiger partial charge in [0.25, 0.3) is 23.4 Å². The van der Waals surface area contributed by atoms with E-state index in [1.54, 1.807) is 29.2 Å². The molecule has 2 aliphatic heterocycles. The zero-order valence-corrected chi connectivity index (χ0v) is 17.1. The fraction of sp³-hybridized carbons (Fsp3) is 0.273. The molecule has 0 N–H and O–H groups in total. The van der Waals surface area contributed by atoms with E-state index in [1.165, 1.54) is 11.0 Å². The number of non-ortho nitro benzene ring substituents is 1. The molecule has 2 aromatic rings. The van der Waals surface area contributed by atoms with Crippen LogP contribution in [0.3, 0.4) is 0 Å². The lowest BCUT2D eigenvalue weighted by atomic mass is 10.1. The Balaban J connectivity index is 1.41. The molecule has 0 atom stereocenters. The number of nitro groups is 1. The van der Waals surface area contributed by atoms with Crippen molar-refractivity contribution < 1.29 is 24.1 Å². The summed E-state index contributed by atoms with van der Waals surface area (Å²) >= 11 is 0. The number of nitrogens with zero attached hydrogens (tertiary/aromatic N) is 4. The summed E-state index contributed by atoms with van der Waals surface area (Å²) in [5.74, 6) is -1.90. The van der Waals surface area contributed by atoms with Crippen LogP contribution in [0.2, 0.25) is 0 Å². The first-order valence-electron chi connectivity index (χ1n) is 10.1. The number of fused-ring (bicyclic) bond motifs is 1. The summed E-state index contributed by atoms with van der Waals surface area (Å²) in [6, 6.07) is 12.3. The van der Waals surface area contributed by atoms with Crippen molar-refractivity contribution in [1.29, 1.82) is 0 Å². The molecule has 2 aliphatic rings. The van der Waals surface area contributed by atoms with Gasteiger partial charge in [-0.15, -0.1) is 0 Å². The molecule has 2 heterocycles. The fourth-order valence-electron chi connectivity index (χ4n) is 3.90. The van der Waals surface area contributed by atoms with E-state index < -0.39 is 29.2 Å². The number of carbonyl (C=O) groups excluding carboxylic acids is 4. The second-order valence-corrected chi connectivity index (χ2v) is 7.58. The molecular weight excluding hydrogens is 416 g/mol. The van der Waals surface area contributed by atoms with Crippen LogP contribution in [0.15, 0.2) is 48.5 Å². The van der Waals surface area contributed by atoms with Crippen LogP contribution in [-0.2, 0) is 4.79 Å². The first kappa shape index (κ1) is 21.2. The Morgan fingerprint density at radius 3 is 2.25 bits per heavy atom. The SMILES string of the molecule is O=C(CN1C(=O)c2ccc([N+](=O)[O-])cc2C1=O)N1CCCN(C(=O)c2ccccc2)CC1. The Morgan fingerprint density at radius 1 is 0.875 bits per heavy atom. The molecule has 0 saturated carbocycles. The van der Waals surface area contributed by atoms with Crippen LogP contribution < -0.4 is 0 Å². The number of amides is 4. The Bertz CT molecular complexity index is 1120. The Morgan fingerprint density at radius 2 is 1.53 bits per heavy atom. The van der Waals surface area contributed by atoms with E-state index in [1.807, 2.05) is 6.07 Å². The molecule has 0 aromatic heterocycles. The van der Waals surface area contributed by atoms with E-state index in [-0.39, 0.29) is 29.3 Å². The molecule has 2 aromatic carbocycles. The second kappa shape index (κ2) is 8.58. The maximum Gasteiger partial charge on any atom is 0.270 e. The molecule has 10 heteroatoms. The number of hydrogen-bond acceptors (Lipinski definition) is 6. The zero-order chi connectivity index (χ0) is 22.8. The number of nitro benzene ring substituents is 1. The Kier molecular flexibility index (Phi) is 5.67. The predicted octanol–water partition coefficient (Wildman–Crippen LogP) is 1.57. The van der Waals surface area contributed by atoms with Gasteiger partial charge >= 0.3 is 0 Å². The van der Waals surface area contributed by atoms with Crippen molar-refractivity contribution in [2.45, 2.75) is 6.42 Å². The predicted molar refractivity (Wildman–Crippen MR) is 112 cm³/mol. The molecular formula is C22H20N4O6. The molecule has 32 heavy (non-hydrogen) atoms. The van der Waals surface area contributed by atoms with Crippen LogP contribution in [0.5, 0.6) is 0 Å². The summed E-state index contributed by atoms with van der Waals surface area (Å²) in [4.78, 5) is 65.1. The molecule has 0 spiro atoms. The van der Waals surface area contributed by atoms with Crippen molar-refractivity contribution in [1.82, 2.24) is 14.7 Å². The quantitative estimate of drug-likeness (QED) is 0.407. The summed E-state index contributed by atoms with van der Waals surface area (Å²) in [5.41, 5.74) is 0.248. The maximum atomic E-state index is 12.8. The van der Waals surface area contributed by atoms with Crippen LogP contribution in [0.4, 0.5) is 5.69 Å². The van der Waals surface area contributed by atoms with Crippen molar-refractivity contribution in [3.63, 3.8) is 0 Å². The van der Waals surface area contributed by atoms with Gasteiger partial charge in [-0.25, -0.2) is 0 Å². The number of benzene rings is 2. The average molecular weight is 436 g/mol. The van der Waals surface area contributed by atoms with Gasteiger partial charge in [-0.05, 0) is 24.6 Å². The van der Waals surface area contributed by atoms with Gasteiger partial charge in [-0.3, -0.25) is 34.2 Å². The topological polar surface area (TPSA) is 121 Å². The van der Waals surface area contributed by atoms with Gasteiger partial charge in [0.15, 0.2) is 0 Å². The molecule has 164 valence electrons. The highest BCUT2D eigenvalue weighted by molar-refractivity contribution is 6.22. The summed E-state index contributed by atoms with van der Waals surface area (Å²) < 4.78 is 0. The van der Waals surface area contributed by atoms with E-state index in [4.69, 9.17) is 0 Å². The van der Waals surface area contributed by atoms with Gasteiger partial charge in [-0.1, -0.05) is 18.2 Å². The lowest BCUT2D eigenvalue weighted by Crippen LogP contribution is -2.44. The third-order valence-corrected chi connectivity index (χ3v) is 5.62. The third-order valence-electron chi connectivity index (χ3n) is 5.62. The zero-order valence-electron chi connectivity index (χ0n) is 17.1. The maximum absolute atomic E-state index is 12.8. The lowest BCUT2D eigenvalue weighted by Gasteiger charge is -2.24. The van der Waals surface area contributed by atoms with E-state index in [0.717, 1.165) is 17.0 Å².